The molecule has 2 nitrogen and oxygen atoms in total. The number of hydrogen-bond donors (Lipinski definition) is 0. The van der Waals surface area contributed by atoms with Gasteiger partial charge in [-0.15, -0.1) is 0 Å². The van der Waals surface area contributed by atoms with Gasteiger partial charge in [0.15, 0.2) is 23.3 Å². The Hall–Kier alpha value is -1.40. The van der Waals surface area contributed by atoms with Crippen molar-refractivity contribution in [1.29, 1.82) is 0 Å². The van der Waals surface area contributed by atoms with Crippen LogP contribution in [0.1, 0.15) is 11.1 Å². The van der Waals surface area contributed by atoms with E-state index in [2.05, 4.69) is 0 Å². The highest BCUT2D eigenvalue weighted by Crippen LogP contribution is 2.49. The number of methoxy groups -OCH3 is 2. The zero-order valence-corrected chi connectivity index (χ0v) is 10.4. The predicted molar refractivity (Wildman–Crippen MR) is 60.9 cm³/mol. The van der Waals surface area contributed by atoms with Gasteiger partial charge in [-0.25, -0.2) is 17.6 Å². The lowest BCUT2D eigenvalue weighted by atomic mass is 9.82. The molecule has 2 rings (SSSR count). The fourth-order valence-corrected chi connectivity index (χ4v) is 2.44. The van der Waals surface area contributed by atoms with E-state index in [-0.39, 0.29) is 18.8 Å². The van der Waals surface area contributed by atoms with Crippen molar-refractivity contribution in [3.63, 3.8) is 0 Å². The molecule has 0 heterocycles. The molecule has 0 spiro atoms. The molecule has 104 valence electrons. The summed E-state index contributed by atoms with van der Waals surface area (Å²) in [5.41, 5.74) is -2.48. The second kappa shape index (κ2) is 4.94. The lowest BCUT2D eigenvalue weighted by molar-refractivity contribution is 0.0661. The molecule has 0 fully saturated rings. The SMILES string of the molecule is COCC1(COC)C(F)=C(F)c2ccc(F)c(F)c21. The molecule has 1 aromatic rings. The van der Waals surface area contributed by atoms with Gasteiger partial charge in [-0.1, -0.05) is 0 Å². The van der Waals surface area contributed by atoms with Gasteiger partial charge < -0.3 is 9.47 Å². The third-order valence-electron chi connectivity index (χ3n) is 3.20. The molecule has 1 aromatic carbocycles. The van der Waals surface area contributed by atoms with Crippen molar-refractivity contribution in [3.8, 4) is 0 Å². The minimum Gasteiger partial charge on any atom is -0.383 e. The smallest absolute Gasteiger partial charge is 0.163 e. The Bertz CT molecular complexity index is 534. The molecular formula is C13H12F4O2. The minimum atomic E-state index is -1.78. The van der Waals surface area contributed by atoms with Crippen LogP contribution >= 0.6 is 0 Å². The Morgan fingerprint density at radius 2 is 1.58 bits per heavy atom. The first-order valence-corrected chi connectivity index (χ1v) is 5.52. The molecule has 0 aromatic heterocycles. The molecule has 1 aliphatic carbocycles. The Morgan fingerprint density at radius 3 is 2.11 bits per heavy atom. The topological polar surface area (TPSA) is 18.5 Å². The summed E-state index contributed by atoms with van der Waals surface area (Å²) >= 11 is 0. The molecule has 0 amide bonds. The molecule has 0 unspecified atom stereocenters. The fraction of sp³-hybridized carbons (Fsp3) is 0.385. The Kier molecular flexibility index (Phi) is 3.64. The van der Waals surface area contributed by atoms with E-state index in [4.69, 9.17) is 9.47 Å². The van der Waals surface area contributed by atoms with E-state index < -0.39 is 34.3 Å². The monoisotopic (exact) mass is 276 g/mol. The summed E-state index contributed by atoms with van der Waals surface area (Å²) in [5.74, 6) is -4.86. The zero-order chi connectivity index (χ0) is 14.2. The van der Waals surface area contributed by atoms with E-state index in [1.165, 1.54) is 14.2 Å². The maximum absolute atomic E-state index is 14.2. The average molecular weight is 276 g/mol. The van der Waals surface area contributed by atoms with Crippen LogP contribution in [0.25, 0.3) is 5.83 Å². The van der Waals surface area contributed by atoms with Gasteiger partial charge in [0.25, 0.3) is 0 Å². The molecule has 6 heteroatoms. The van der Waals surface area contributed by atoms with E-state index in [0.717, 1.165) is 12.1 Å². The van der Waals surface area contributed by atoms with E-state index in [1.807, 2.05) is 0 Å². The van der Waals surface area contributed by atoms with Crippen LogP contribution in [-0.2, 0) is 14.9 Å². The number of benzene rings is 1. The highest BCUT2D eigenvalue weighted by atomic mass is 19.2. The van der Waals surface area contributed by atoms with Crippen molar-refractivity contribution in [1.82, 2.24) is 0 Å². The summed E-state index contributed by atoms with van der Waals surface area (Å²) in [6.45, 7) is -0.707. The Balaban J connectivity index is 2.73. The normalized spacial score (nSPS) is 16.9. The average Bonchev–Trinajstić information content (AvgIpc) is 2.58. The maximum Gasteiger partial charge on any atom is 0.163 e. The zero-order valence-electron chi connectivity index (χ0n) is 10.4. The van der Waals surface area contributed by atoms with Gasteiger partial charge in [-0.3, -0.25) is 0 Å². The van der Waals surface area contributed by atoms with Crippen LogP contribution in [0.4, 0.5) is 17.6 Å². The van der Waals surface area contributed by atoms with Crippen LogP contribution in [0.2, 0.25) is 0 Å². The van der Waals surface area contributed by atoms with Crippen molar-refractivity contribution in [2.24, 2.45) is 0 Å². The molecule has 1 aliphatic rings. The van der Waals surface area contributed by atoms with Crippen molar-refractivity contribution >= 4 is 5.83 Å². The van der Waals surface area contributed by atoms with Gasteiger partial charge in [0.2, 0.25) is 0 Å². The van der Waals surface area contributed by atoms with Crippen LogP contribution in [0.3, 0.4) is 0 Å². The summed E-state index contributed by atoms with van der Waals surface area (Å²) < 4.78 is 65.0. The molecule has 0 saturated heterocycles. The van der Waals surface area contributed by atoms with Gasteiger partial charge in [0.05, 0.1) is 13.2 Å². The fourth-order valence-electron chi connectivity index (χ4n) is 2.44. The molecular weight excluding hydrogens is 264 g/mol. The summed E-state index contributed by atoms with van der Waals surface area (Å²) in [6, 6.07) is 1.77. The van der Waals surface area contributed by atoms with Crippen molar-refractivity contribution in [3.05, 3.63) is 40.7 Å². The Labute approximate surface area is 107 Å². The first-order chi connectivity index (χ1) is 8.99. The number of rotatable bonds is 4. The van der Waals surface area contributed by atoms with Gasteiger partial charge in [0, 0.05) is 25.3 Å². The van der Waals surface area contributed by atoms with Crippen molar-refractivity contribution < 1.29 is 27.0 Å². The number of fused-ring (bicyclic) bond motifs is 1. The molecule has 19 heavy (non-hydrogen) atoms. The van der Waals surface area contributed by atoms with E-state index in [1.54, 1.807) is 0 Å². The molecule has 0 bridgehead atoms. The lowest BCUT2D eigenvalue weighted by Gasteiger charge is -2.28. The molecule has 0 aliphatic heterocycles. The lowest BCUT2D eigenvalue weighted by Crippen LogP contribution is -2.37. The third kappa shape index (κ3) is 1.86. The van der Waals surface area contributed by atoms with Crippen LogP contribution in [0, 0.1) is 11.6 Å². The van der Waals surface area contributed by atoms with E-state index >= 15 is 0 Å². The minimum absolute atomic E-state index is 0.300. The second-order valence-electron chi connectivity index (χ2n) is 4.36. The number of hydrogen-bond acceptors (Lipinski definition) is 2. The van der Waals surface area contributed by atoms with Crippen LogP contribution in [-0.4, -0.2) is 27.4 Å². The number of ether oxygens (including phenoxy) is 2. The highest BCUT2D eigenvalue weighted by molar-refractivity contribution is 5.75. The standard InChI is InChI=1S/C13H12F4O2/c1-18-5-13(6-19-2)9-7(10(15)12(13)17)3-4-8(14)11(9)16/h3-4H,5-6H2,1-2H3. The molecule has 0 atom stereocenters. The Morgan fingerprint density at radius 1 is 1.00 bits per heavy atom. The van der Waals surface area contributed by atoms with Gasteiger partial charge in [0.1, 0.15) is 5.41 Å². The van der Waals surface area contributed by atoms with Crippen LogP contribution in [0.5, 0.6) is 0 Å². The van der Waals surface area contributed by atoms with E-state index in [0.29, 0.717) is 0 Å². The van der Waals surface area contributed by atoms with Gasteiger partial charge >= 0.3 is 0 Å². The van der Waals surface area contributed by atoms with E-state index in [9.17, 15) is 17.6 Å². The predicted octanol–water partition coefficient (Wildman–Crippen LogP) is 3.12. The largest absolute Gasteiger partial charge is 0.383 e. The number of halogens is 4. The first kappa shape index (κ1) is 14.0. The van der Waals surface area contributed by atoms with Crippen LogP contribution < -0.4 is 0 Å². The van der Waals surface area contributed by atoms with Crippen molar-refractivity contribution in [2.45, 2.75) is 5.41 Å². The summed E-state index contributed by atoms with van der Waals surface area (Å²) in [7, 11) is 2.52. The quantitative estimate of drug-likeness (QED) is 0.787. The van der Waals surface area contributed by atoms with Gasteiger partial charge in [-0.2, -0.15) is 0 Å². The second-order valence-corrected chi connectivity index (χ2v) is 4.36. The van der Waals surface area contributed by atoms with Crippen molar-refractivity contribution in [2.75, 3.05) is 27.4 Å². The molecule has 0 N–H and O–H groups in total. The summed E-state index contributed by atoms with van der Waals surface area (Å²) in [4.78, 5) is 0. The van der Waals surface area contributed by atoms with Crippen LogP contribution in [0.15, 0.2) is 18.0 Å². The molecule has 0 radical (unpaired) electrons. The first-order valence-electron chi connectivity index (χ1n) is 5.52. The maximum atomic E-state index is 14.2. The van der Waals surface area contributed by atoms with Gasteiger partial charge in [-0.05, 0) is 12.1 Å². The molecule has 0 saturated carbocycles. The third-order valence-corrected chi connectivity index (χ3v) is 3.20. The highest BCUT2D eigenvalue weighted by Gasteiger charge is 2.50. The summed E-state index contributed by atoms with van der Waals surface area (Å²) in [6.07, 6.45) is 0. The summed E-state index contributed by atoms with van der Waals surface area (Å²) in [5, 5.41) is 0.